The molecule has 0 unspecified atom stereocenters. The summed E-state index contributed by atoms with van der Waals surface area (Å²) in [5.41, 5.74) is 0.519. The van der Waals surface area contributed by atoms with Gasteiger partial charge >= 0.3 is 0 Å². The summed E-state index contributed by atoms with van der Waals surface area (Å²) in [5, 5.41) is 8.16. The van der Waals surface area contributed by atoms with Gasteiger partial charge in [-0.3, -0.25) is 9.59 Å². The average molecular weight is 481 g/mol. The van der Waals surface area contributed by atoms with Gasteiger partial charge in [0.1, 0.15) is 5.82 Å². The number of hydrogen-bond acceptors (Lipinski definition) is 3. The van der Waals surface area contributed by atoms with Crippen LogP contribution in [0.5, 0.6) is 0 Å². The third-order valence-electron chi connectivity index (χ3n) is 5.14. The van der Waals surface area contributed by atoms with Crippen LogP contribution in [0.2, 0.25) is 5.02 Å². The van der Waals surface area contributed by atoms with E-state index in [9.17, 15) is 9.59 Å². The van der Waals surface area contributed by atoms with E-state index in [1.807, 2.05) is 31.2 Å². The highest BCUT2D eigenvalue weighted by molar-refractivity contribution is 6.32. The zero-order valence-electron chi connectivity index (χ0n) is 19.8. The molecule has 0 spiro atoms. The first kappa shape index (κ1) is 26.2. The first-order chi connectivity index (χ1) is 14.9. The van der Waals surface area contributed by atoms with Crippen LogP contribution in [0.15, 0.2) is 30.3 Å². The largest absolute Gasteiger partial charge is 0.333 e. The second-order valence-corrected chi connectivity index (χ2v) is 10.3. The lowest BCUT2D eigenvalue weighted by Gasteiger charge is -2.30. The zero-order chi connectivity index (χ0) is 24.1. The Morgan fingerprint density at radius 3 is 2.38 bits per heavy atom. The van der Waals surface area contributed by atoms with Crippen LogP contribution in [0.25, 0.3) is 5.69 Å². The number of carbonyl (C=O) groups is 2. The number of anilines is 1. The normalized spacial score (nSPS) is 12.0. The molecule has 6 nitrogen and oxygen atoms in total. The quantitative estimate of drug-likeness (QED) is 0.471. The van der Waals surface area contributed by atoms with Crippen molar-refractivity contribution in [3.63, 3.8) is 0 Å². The molecule has 0 saturated heterocycles. The van der Waals surface area contributed by atoms with Crippen molar-refractivity contribution in [3.05, 3.63) is 41.0 Å². The fourth-order valence-electron chi connectivity index (χ4n) is 3.09. The average Bonchev–Trinajstić information content (AvgIpc) is 3.14. The van der Waals surface area contributed by atoms with Gasteiger partial charge in [-0.25, -0.2) is 4.68 Å². The summed E-state index contributed by atoms with van der Waals surface area (Å²) < 4.78 is 1.64. The summed E-state index contributed by atoms with van der Waals surface area (Å²) in [6, 6.07) is 9.18. The van der Waals surface area contributed by atoms with Gasteiger partial charge in [-0.2, -0.15) is 5.10 Å². The van der Waals surface area contributed by atoms with Crippen LogP contribution in [-0.2, 0) is 15.0 Å². The molecule has 176 valence electrons. The van der Waals surface area contributed by atoms with Gasteiger partial charge in [-0.05, 0) is 32.4 Å². The SMILES string of the molecule is CCCCN(CC(=O)Nc1cc(C(C)(C)C)nn1-c1ccccc1Cl)C(=O)C(C)(C)CCl. The monoisotopic (exact) mass is 480 g/mol. The van der Waals surface area contributed by atoms with Crippen LogP contribution in [0, 0.1) is 5.41 Å². The number of amides is 2. The van der Waals surface area contributed by atoms with E-state index in [0.29, 0.717) is 23.1 Å². The lowest BCUT2D eigenvalue weighted by atomic mass is 9.92. The standard InChI is InChI=1S/C24H34Cl2N4O2/c1-7-8-13-29(22(32)24(5,6)16-25)15-21(31)27-20-14-19(23(2,3)4)28-30(20)18-12-10-9-11-17(18)26/h9-12,14H,7-8,13,15-16H2,1-6H3,(H,27,31). The van der Waals surface area contributed by atoms with Gasteiger partial charge in [0.05, 0.1) is 28.4 Å². The van der Waals surface area contributed by atoms with Crippen molar-refractivity contribution in [1.29, 1.82) is 0 Å². The van der Waals surface area contributed by atoms with Gasteiger partial charge in [0.15, 0.2) is 0 Å². The van der Waals surface area contributed by atoms with Crippen molar-refractivity contribution in [2.24, 2.45) is 5.41 Å². The summed E-state index contributed by atoms with van der Waals surface area (Å²) >= 11 is 12.4. The Labute approximate surface area is 201 Å². The number of hydrogen-bond donors (Lipinski definition) is 1. The Bertz CT molecular complexity index is 948. The molecule has 0 atom stereocenters. The van der Waals surface area contributed by atoms with Crippen LogP contribution in [0.4, 0.5) is 5.82 Å². The Morgan fingerprint density at radius 2 is 1.81 bits per heavy atom. The molecule has 0 radical (unpaired) electrons. The first-order valence-corrected chi connectivity index (χ1v) is 11.8. The van der Waals surface area contributed by atoms with Gasteiger partial charge in [0.25, 0.3) is 0 Å². The number of halogens is 2. The maximum atomic E-state index is 13.0. The molecule has 32 heavy (non-hydrogen) atoms. The number of nitrogens with zero attached hydrogens (tertiary/aromatic N) is 3. The molecule has 2 rings (SSSR count). The van der Waals surface area contributed by atoms with Crippen LogP contribution in [0.1, 0.15) is 60.1 Å². The highest BCUT2D eigenvalue weighted by Gasteiger charge is 2.32. The maximum Gasteiger partial charge on any atom is 0.245 e. The molecule has 0 aliphatic heterocycles. The van der Waals surface area contributed by atoms with Crippen molar-refractivity contribution in [2.75, 3.05) is 24.3 Å². The molecule has 2 aromatic rings. The summed E-state index contributed by atoms with van der Waals surface area (Å²) in [7, 11) is 0. The van der Waals surface area contributed by atoms with Crippen molar-refractivity contribution in [3.8, 4) is 5.69 Å². The molecular weight excluding hydrogens is 447 g/mol. The predicted molar refractivity (Wildman–Crippen MR) is 132 cm³/mol. The van der Waals surface area contributed by atoms with Gasteiger partial charge in [0, 0.05) is 23.9 Å². The summed E-state index contributed by atoms with van der Waals surface area (Å²) in [4.78, 5) is 27.6. The summed E-state index contributed by atoms with van der Waals surface area (Å²) in [5.74, 6) is 0.261. The highest BCUT2D eigenvalue weighted by atomic mass is 35.5. The molecule has 1 aromatic carbocycles. The molecule has 0 aliphatic rings. The Morgan fingerprint density at radius 1 is 1.16 bits per heavy atom. The number of alkyl halides is 1. The highest BCUT2D eigenvalue weighted by Crippen LogP contribution is 2.29. The number of nitrogens with one attached hydrogen (secondary N) is 1. The van der Waals surface area contributed by atoms with E-state index in [4.69, 9.17) is 28.3 Å². The van der Waals surface area contributed by atoms with Crippen LogP contribution < -0.4 is 5.32 Å². The van der Waals surface area contributed by atoms with Crippen molar-refractivity contribution >= 4 is 40.8 Å². The van der Waals surface area contributed by atoms with E-state index in [1.165, 1.54) is 0 Å². The topological polar surface area (TPSA) is 67.2 Å². The minimum absolute atomic E-state index is 0.0578. The van der Waals surface area contributed by atoms with Crippen molar-refractivity contribution in [2.45, 2.75) is 59.8 Å². The molecule has 0 aliphatic carbocycles. The molecule has 8 heteroatoms. The minimum atomic E-state index is -0.742. The Balaban J connectivity index is 2.33. The fourth-order valence-corrected chi connectivity index (χ4v) is 3.42. The van der Waals surface area contributed by atoms with E-state index in [2.05, 4.69) is 26.1 Å². The zero-order valence-corrected chi connectivity index (χ0v) is 21.3. The molecule has 0 fully saturated rings. The molecule has 1 heterocycles. The van der Waals surface area contributed by atoms with E-state index in [-0.39, 0.29) is 29.7 Å². The molecular formula is C24H34Cl2N4O2. The minimum Gasteiger partial charge on any atom is -0.333 e. The lowest BCUT2D eigenvalue weighted by Crippen LogP contribution is -2.46. The Hall–Kier alpha value is -2.05. The molecule has 2 amide bonds. The second kappa shape index (κ2) is 10.7. The fraction of sp³-hybridized carbons (Fsp3) is 0.542. The predicted octanol–water partition coefficient (Wildman–Crippen LogP) is 5.66. The van der Waals surface area contributed by atoms with Gasteiger partial charge in [0.2, 0.25) is 11.8 Å². The number of unbranched alkanes of at least 4 members (excludes halogenated alkanes) is 1. The van der Waals surface area contributed by atoms with Gasteiger partial charge < -0.3 is 10.2 Å². The van der Waals surface area contributed by atoms with E-state index >= 15 is 0 Å². The van der Waals surface area contributed by atoms with Gasteiger partial charge in [-0.15, -0.1) is 11.6 Å². The van der Waals surface area contributed by atoms with Crippen LogP contribution in [-0.4, -0.2) is 45.5 Å². The third-order valence-corrected chi connectivity index (χ3v) is 6.13. The Kier molecular flexibility index (Phi) is 8.77. The van der Waals surface area contributed by atoms with Crippen molar-refractivity contribution < 1.29 is 9.59 Å². The van der Waals surface area contributed by atoms with E-state index < -0.39 is 5.41 Å². The summed E-state index contributed by atoms with van der Waals surface area (Å²) in [6.45, 7) is 12.2. The van der Waals surface area contributed by atoms with Gasteiger partial charge in [-0.1, -0.05) is 57.8 Å². The van der Waals surface area contributed by atoms with E-state index in [0.717, 1.165) is 18.5 Å². The first-order valence-electron chi connectivity index (χ1n) is 10.9. The van der Waals surface area contributed by atoms with Crippen LogP contribution >= 0.6 is 23.2 Å². The molecule has 0 saturated carbocycles. The summed E-state index contributed by atoms with van der Waals surface area (Å²) in [6.07, 6.45) is 1.73. The lowest BCUT2D eigenvalue weighted by molar-refractivity contribution is -0.141. The number of rotatable bonds is 9. The smallest absolute Gasteiger partial charge is 0.245 e. The number of para-hydroxylation sites is 1. The van der Waals surface area contributed by atoms with E-state index in [1.54, 1.807) is 29.5 Å². The molecule has 1 aromatic heterocycles. The number of benzene rings is 1. The second-order valence-electron chi connectivity index (χ2n) is 9.67. The number of carbonyl (C=O) groups excluding carboxylic acids is 2. The van der Waals surface area contributed by atoms with Crippen molar-refractivity contribution in [1.82, 2.24) is 14.7 Å². The molecule has 0 bridgehead atoms. The number of aromatic nitrogens is 2. The maximum absolute atomic E-state index is 13.0. The van der Waals surface area contributed by atoms with Crippen LogP contribution in [0.3, 0.4) is 0 Å². The molecule has 1 N–H and O–H groups in total. The third kappa shape index (κ3) is 6.48.